The van der Waals surface area contributed by atoms with E-state index in [-0.39, 0.29) is 11.5 Å². The van der Waals surface area contributed by atoms with Crippen LogP contribution in [0.25, 0.3) is 0 Å². The Morgan fingerprint density at radius 1 is 1.17 bits per heavy atom. The van der Waals surface area contributed by atoms with Crippen LogP contribution in [0.15, 0.2) is 24.3 Å². The molecule has 1 aromatic rings. The number of hydrogen-bond acceptors (Lipinski definition) is 2. The molecule has 1 aliphatic heterocycles. The lowest BCUT2D eigenvalue weighted by Crippen LogP contribution is -2.58. The molecule has 1 heterocycles. The molecule has 3 rings (SSSR count). The van der Waals surface area contributed by atoms with Crippen LogP contribution in [0, 0.1) is 0 Å². The molecule has 96 valence electrons. The molecule has 0 spiro atoms. The van der Waals surface area contributed by atoms with Gasteiger partial charge in [0.25, 0.3) is 0 Å². The van der Waals surface area contributed by atoms with Crippen molar-refractivity contribution in [1.29, 1.82) is 0 Å². The van der Waals surface area contributed by atoms with E-state index in [1.54, 1.807) is 0 Å². The molecule has 1 N–H and O–H groups in total. The third-order valence-corrected chi connectivity index (χ3v) is 4.74. The maximum Gasteiger partial charge on any atom is 0.150 e. The predicted molar refractivity (Wildman–Crippen MR) is 73.0 cm³/mol. The minimum Gasteiger partial charge on any atom is -0.307 e. The van der Waals surface area contributed by atoms with Gasteiger partial charge in [-0.05, 0) is 43.5 Å². The van der Waals surface area contributed by atoms with E-state index in [2.05, 4.69) is 17.4 Å². The molecule has 3 heteroatoms. The summed E-state index contributed by atoms with van der Waals surface area (Å²) in [5, 5.41) is 4.20. The second-order valence-electron chi connectivity index (χ2n) is 5.47. The van der Waals surface area contributed by atoms with Gasteiger partial charge in [-0.1, -0.05) is 30.2 Å². The van der Waals surface area contributed by atoms with Crippen LogP contribution in [0.3, 0.4) is 0 Å². The lowest BCUT2D eigenvalue weighted by Gasteiger charge is -2.49. The van der Waals surface area contributed by atoms with Crippen molar-refractivity contribution in [3.8, 4) is 0 Å². The summed E-state index contributed by atoms with van der Waals surface area (Å²) in [4.78, 5) is 12.2. The number of rotatable bonds is 2. The molecule has 1 saturated carbocycles. The zero-order chi connectivity index (χ0) is 12.6. The summed E-state index contributed by atoms with van der Waals surface area (Å²) < 4.78 is 0. The summed E-state index contributed by atoms with van der Waals surface area (Å²) in [6.45, 7) is 0.964. The predicted octanol–water partition coefficient (Wildman–Crippen LogP) is 3.08. The Morgan fingerprint density at radius 2 is 1.89 bits per heavy atom. The second kappa shape index (κ2) is 4.67. The number of halogens is 1. The van der Waals surface area contributed by atoms with Gasteiger partial charge in [0.15, 0.2) is 5.78 Å². The highest BCUT2D eigenvalue weighted by Crippen LogP contribution is 2.47. The molecule has 1 saturated heterocycles. The maximum atomic E-state index is 12.2. The Kier molecular flexibility index (Phi) is 3.16. The first-order chi connectivity index (χ1) is 8.72. The quantitative estimate of drug-likeness (QED) is 0.889. The van der Waals surface area contributed by atoms with E-state index in [0.717, 1.165) is 37.3 Å². The number of nitrogens with one attached hydrogen (secondary N) is 1. The largest absolute Gasteiger partial charge is 0.307 e. The van der Waals surface area contributed by atoms with Crippen LogP contribution >= 0.6 is 11.6 Å². The van der Waals surface area contributed by atoms with E-state index >= 15 is 0 Å². The van der Waals surface area contributed by atoms with Gasteiger partial charge in [0.2, 0.25) is 0 Å². The first-order valence-electron chi connectivity index (χ1n) is 6.74. The van der Waals surface area contributed by atoms with Crippen molar-refractivity contribution >= 4 is 17.4 Å². The zero-order valence-corrected chi connectivity index (χ0v) is 11.2. The first kappa shape index (κ1) is 12.2. The molecule has 2 nitrogen and oxygen atoms in total. The fourth-order valence-corrected chi connectivity index (χ4v) is 3.48. The fourth-order valence-electron chi connectivity index (χ4n) is 3.35. The van der Waals surface area contributed by atoms with Crippen molar-refractivity contribution in [3.63, 3.8) is 0 Å². The van der Waals surface area contributed by atoms with Gasteiger partial charge < -0.3 is 5.32 Å². The van der Waals surface area contributed by atoms with Gasteiger partial charge in [0.05, 0.1) is 6.04 Å². The Morgan fingerprint density at radius 3 is 2.44 bits per heavy atom. The second-order valence-corrected chi connectivity index (χ2v) is 5.91. The molecule has 1 aliphatic carbocycles. The molecule has 2 aliphatic rings. The minimum atomic E-state index is 0.0150. The van der Waals surface area contributed by atoms with Gasteiger partial charge in [0.1, 0.15) is 0 Å². The van der Waals surface area contributed by atoms with Crippen LogP contribution in [0.1, 0.15) is 37.7 Å². The third kappa shape index (κ3) is 1.88. The molecule has 0 aromatic heterocycles. The van der Waals surface area contributed by atoms with E-state index in [1.165, 1.54) is 12.0 Å². The highest BCUT2D eigenvalue weighted by molar-refractivity contribution is 6.30. The van der Waals surface area contributed by atoms with Gasteiger partial charge in [-0.15, -0.1) is 0 Å². The highest BCUT2D eigenvalue weighted by atomic mass is 35.5. The van der Waals surface area contributed by atoms with Crippen LogP contribution < -0.4 is 5.32 Å². The zero-order valence-electron chi connectivity index (χ0n) is 10.4. The van der Waals surface area contributed by atoms with Crippen molar-refractivity contribution in [1.82, 2.24) is 5.32 Å². The Hall–Kier alpha value is -0.860. The maximum absolute atomic E-state index is 12.2. The van der Waals surface area contributed by atoms with Crippen LogP contribution in [-0.2, 0) is 10.2 Å². The number of benzene rings is 1. The van der Waals surface area contributed by atoms with E-state index in [1.807, 2.05) is 12.1 Å². The highest BCUT2D eigenvalue weighted by Gasteiger charge is 2.48. The molecule has 1 aromatic carbocycles. The SMILES string of the molecule is O=C1CCCNC1C1(c2ccc(Cl)cc2)CCC1. The van der Waals surface area contributed by atoms with Crippen LogP contribution in [0.4, 0.5) is 0 Å². The van der Waals surface area contributed by atoms with E-state index in [4.69, 9.17) is 11.6 Å². The number of carbonyl (C=O) groups is 1. The minimum absolute atomic E-state index is 0.0150. The number of carbonyl (C=O) groups excluding carboxylic acids is 1. The summed E-state index contributed by atoms with van der Waals surface area (Å²) >= 11 is 5.95. The van der Waals surface area contributed by atoms with E-state index < -0.39 is 0 Å². The molecule has 0 radical (unpaired) electrons. The van der Waals surface area contributed by atoms with E-state index in [9.17, 15) is 4.79 Å². The summed E-state index contributed by atoms with van der Waals surface area (Å²) in [6, 6.07) is 8.06. The summed E-state index contributed by atoms with van der Waals surface area (Å²) in [5.74, 6) is 0.385. The lowest BCUT2D eigenvalue weighted by molar-refractivity contribution is -0.125. The smallest absolute Gasteiger partial charge is 0.150 e. The molecular formula is C15H18ClNO. The molecule has 1 unspecified atom stereocenters. The van der Waals surface area contributed by atoms with E-state index in [0.29, 0.717) is 5.78 Å². The van der Waals surface area contributed by atoms with Gasteiger partial charge >= 0.3 is 0 Å². The summed E-state index contributed by atoms with van der Waals surface area (Å²) in [6.07, 6.45) is 5.14. The average molecular weight is 264 g/mol. The Balaban J connectivity index is 1.94. The third-order valence-electron chi connectivity index (χ3n) is 4.49. The van der Waals surface area contributed by atoms with Crippen LogP contribution in [0.5, 0.6) is 0 Å². The average Bonchev–Trinajstić information content (AvgIpc) is 2.32. The molecule has 0 amide bonds. The van der Waals surface area contributed by atoms with Crippen molar-refractivity contribution in [2.24, 2.45) is 0 Å². The fraction of sp³-hybridized carbons (Fsp3) is 0.533. The van der Waals surface area contributed by atoms with Gasteiger partial charge in [-0.3, -0.25) is 4.79 Å². The lowest BCUT2D eigenvalue weighted by atomic mass is 9.58. The number of hydrogen-bond donors (Lipinski definition) is 1. The monoisotopic (exact) mass is 263 g/mol. The first-order valence-corrected chi connectivity index (χ1v) is 7.12. The molecular weight excluding hydrogens is 246 g/mol. The molecule has 18 heavy (non-hydrogen) atoms. The van der Waals surface area contributed by atoms with Crippen molar-refractivity contribution in [2.45, 2.75) is 43.6 Å². The number of piperidine rings is 1. The summed E-state index contributed by atoms with van der Waals surface area (Å²) in [7, 11) is 0. The number of ketones is 1. The van der Waals surface area contributed by atoms with Gasteiger partial charge in [0, 0.05) is 16.9 Å². The summed E-state index contributed by atoms with van der Waals surface area (Å²) in [5.41, 5.74) is 1.30. The Labute approximate surface area is 113 Å². The van der Waals surface area contributed by atoms with Gasteiger partial charge in [-0.25, -0.2) is 0 Å². The van der Waals surface area contributed by atoms with Crippen molar-refractivity contribution in [2.75, 3.05) is 6.54 Å². The molecule has 2 fully saturated rings. The topological polar surface area (TPSA) is 29.1 Å². The van der Waals surface area contributed by atoms with Crippen molar-refractivity contribution < 1.29 is 4.79 Å². The standard InChI is InChI=1S/C15H18ClNO/c16-12-6-4-11(5-7-12)15(8-2-9-15)14-13(18)3-1-10-17-14/h4-7,14,17H,1-3,8-10H2. The molecule has 0 bridgehead atoms. The number of Topliss-reactive ketones (excluding diaryl/α,β-unsaturated/α-hetero) is 1. The Bertz CT molecular complexity index is 450. The van der Waals surface area contributed by atoms with Crippen molar-refractivity contribution in [3.05, 3.63) is 34.9 Å². The van der Waals surface area contributed by atoms with Crippen LogP contribution in [0.2, 0.25) is 5.02 Å². The molecule has 1 atom stereocenters. The normalized spacial score (nSPS) is 26.7. The van der Waals surface area contributed by atoms with Crippen LogP contribution in [-0.4, -0.2) is 18.4 Å². The van der Waals surface area contributed by atoms with Gasteiger partial charge in [-0.2, -0.15) is 0 Å².